The number of rotatable bonds is 4. The number of carbonyl (C=O) groups excluding carboxylic acids is 1. The van der Waals surface area contributed by atoms with Gasteiger partial charge in [0.1, 0.15) is 0 Å². The molecule has 0 fully saturated rings. The summed E-state index contributed by atoms with van der Waals surface area (Å²) in [5.41, 5.74) is 2.34. The second-order valence-corrected chi connectivity index (χ2v) is 5.56. The van der Waals surface area contributed by atoms with Crippen LogP contribution in [0.25, 0.3) is 5.69 Å². The molecule has 0 unspecified atom stereocenters. The van der Waals surface area contributed by atoms with Crippen molar-refractivity contribution in [2.24, 2.45) is 0 Å². The molecule has 3 aromatic rings. The van der Waals surface area contributed by atoms with Crippen molar-refractivity contribution in [2.75, 3.05) is 11.6 Å². The van der Waals surface area contributed by atoms with E-state index in [0.717, 1.165) is 16.3 Å². The van der Waals surface area contributed by atoms with E-state index in [1.54, 1.807) is 34.8 Å². The van der Waals surface area contributed by atoms with Gasteiger partial charge in [-0.15, -0.1) is 11.8 Å². The molecule has 0 aliphatic carbocycles. The highest BCUT2D eigenvalue weighted by atomic mass is 32.2. The SMILES string of the molecule is CSc1cccc(NC(=O)c2ccc(-n3cccn3)cc2)c1. The number of carbonyl (C=O) groups is 1. The van der Waals surface area contributed by atoms with Gasteiger partial charge in [-0.2, -0.15) is 5.10 Å². The minimum atomic E-state index is -0.120. The van der Waals surface area contributed by atoms with Crippen LogP contribution in [0.5, 0.6) is 0 Å². The van der Waals surface area contributed by atoms with Gasteiger partial charge in [-0.1, -0.05) is 6.07 Å². The number of nitrogens with zero attached hydrogens (tertiary/aromatic N) is 2. The maximum absolute atomic E-state index is 12.3. The van der Waals surface area contributed by atoms with Crippen LogP contribution >= 0.6 is 11.8 Å². The van der Waals surface area contributed by atoms with Crippen LogP contribution in [0.3, 0.4) is 0 Å². The highest BCUT2D eigenvalue weighted by molar-refractivity contribution is 7.98. The lowest BCUT2D eigenvalue weighted by atomic mass is 10.2. The van der Waals surface area contributed by atoms with Gasteiger partial charge in [-0.25, -0.2) is 4.68 Å². The molecule has 0 bridgehead atoms. The van der Waals surface area contributed by atoms with Gasteiger partial charge in [0, 0.05) is 28.5 Å². The molecular weight excluding hydrogens is 294 g/mol. The number of amides is 1. The van der Waals surface area contributed by atoms with Crippen LogP contribution in [-0.4, -0.2) is 21.9 Å². The van der Waals surface area contributed by atoms with Crippen LogP contribution in [-0.2, 0) is 0 Å². The molecular formula is C17H15N3OS. The summed E-state index contributed by atoms with van der Waals surface area (Å²) in [5, 5.41) is 7.07. The smallest absolute Gasteiger partial charge is 0.255 e. The molecule has 3 rings (SSSR count). The quantitative estimate of drug-likeness (QED) is 0.745. The van der Waals surface area contributed by atoms with Crippen LogP contribution in [0.4, 0.5) is 5.69 Å². The third kappa shape index (κ3) is 3.20. The lowest BCUT2D eigenvalue weighted by Crippen LogP contribution is -2.12. The molecule has 0 saturated heterocycles. The standard InChI is InChI=1S/C17H15N3OS/c1-22-16-5-2-4-14(12-16)19-17(21)13-6-8-15(9-7-13)20-11-3-10-18-20/h2-12H,1H3,(H,19,21). The van der Waals surface area contributed by atoms with Gasteiger partial charge < -0.3 is 5.32 Å². The molecule has 0 radical (unpaired) electrons. The molecule has 1 N–H and O–H groups in total. The van der Waals surface area contributed by atoms with Crippen molar-refractivity contribution in [1.82, 2.24) is 9.78 Å². The zero-order valence-electron chi connectivity index (χ0n) is 12.1. The van der Waals surface area contributed by atoms with Gasteiger partial charge in [0.15, 0.2) is 0 Å². The van der Waals surface area contributed by atoms with Crippen molar-refractivity contribution in [3.05, 3.63) is 72.6 Å². The zero-order chi connectivity index (χ0) is 15.4. The van der Waals surface area contributed by atoms with E-state index < -0.39 is 0 Å². The van der Waals surface area contributed by atoms with Crippen molar-refractivity contribution >= 4 is 23.4 Å². The first-order chi connectivity index (χ1) is 10.8. The lowest BCUT2D eigenvalue weighted by Gasteiger charge is -2.07. The summed E-state index contributed by atoms with van der Waals surface area (Å²) < 4.78 is 1.75. The summed E-state index contributed by atoms with van der Waals surface area (Å²) in [7, 11) is 0. The molecule has 1 amide bonds. The summed E-state index contributed by atoms with van der Waals surface area (Å²) in [4.78, 5) is 13.4. The third-order valence-corrected chi connectivity index (χ3v) is 3.95. The number of aromatic nitrogens is 2. The number of hydrogen-bond acceptors (Lipinski definition) is 3. The van der Waals surface area contributed by atoms with Crippen molar-refractivity contribution in [3.63, 3.8) is 0 Å². The van der Waals surface area contributed by atoms with Crippen LogP contribution < -0.4 is 5.32 Å². The molecule has 5 heteroatoms. The van der Waals surface area contributed by atoms with E-state index in [1.807, 2.05) is 54.9 Å². The Morgan fingerprint density at radius 2 is 1.95 bits per heavy atom. The maximum Gasteiger partial charge on any atom is 0.255 e. The second-order valence-electron chi connectivity index (χ2n) is 4.68. The normalized spacial score (nSPS) is 10.4. The fourth-order valence-electron chi connectivity index (χ4n) is 2.09. The highest BCUT2D eigenvalue weighted by Gasteiger charge is 2.07. The van der Waals surface area contributed by atoms with Gasteiger partial charge in [-0.05, 0) is 54.8 Å². The fraction of sp³-hybridized carbons (Fsp3) is 0.0588. The summed E-state index contributed by atoms with van der Waals surface area (Å²) in [6.45, 7) is 0. The predicted molar refractivity (Wildman–Crippen MR) is 89.7 cm³/mol. The number of thioether (sulfide) groups is 1. The summed E-state index contributed by atoms with van der Waals surface area (Å²) >= 11 is 1.65. The topological polar surface area (TPSA) is 46.9 Å². The molecule has 1 aromatic heterocycles. The number of hydrogen-bond donors (Lipinski definition) is 1. The Hall–Kier alpha value is -2.53. The average Bonchev–Trinajstić information content (AvgIpc) is 3.09. The van der Waals surface area contributed by atoms with Crippen LogP contribution in [0.15, 0.2) is 71.9 Å². The first-order valence-electron chi connectivity index (χ1n) is 6.82. The molecule has 22 heavy (non-hydrogen) atoms. The van der Waals surface area contributed by atoms with Gasteiger partial charge in [0.25, 0.3) is 5.91 Å². The molecule has 2 aromatic carbocycles. The Morgan fingerprint density at radius 1 is 1.14 bits per heavy atom. The fourth-order valence-corrected chi connectivity index (χ4v) is 2.55. The first kappa shape index (κ1) is 14.4. The van der Waals surface area contributed by atoms with E-state index in [1.165, 1.54) is 0 Å². The summed E-state index contributed by atoms with van der Waals surface area (Å²) in [6.07, 6.45) is 5.59. The number of benzene rings is 2. The molecule has 0 aliphatic rings. The predicted octanol–water partition coefficient (Wildman–Crippen LogP) is 3.85. The Balaban J connectivity index is 1.74. The van der Waals surface area contributed by atoms with Crippen molar-refractivity contribution in [3.8, 4) is 5.69 Å². The number of anilines is 1. The Labute approximate surface area is 133 Å². The lowest BCUT2D eigenvalue weighted by molar-refractivity contribution is 0.102. The molecule has 0 spiro atoms. The second kappa shape index (κ2) is 6.49. The average molecular weight is 309 g/mol. The first-order valence-corrected chi connectivity index (χ1v) is 8.04. The van der Waals surface area contributed by atoms with Crippen LogP contribution in [0, 0.1) is 0 Å². The van der Waals surface area contributed by atoms with E-state index >= 15 is 0 Å². The van der Waals surface area contributed by atoms with Crippen molar-refractivity contribution in [2.45, 2.75) is 4.90 Å². The van der Waals surface area contributed by atoms with Crippen LogP contribution in [0.1, 0.15) is 10.4 Å². The number of nitrogens with one attached hydrogen (secondary N) is 1. The van der Waals surface area contributed by atoms with E-state index in [4.69, 9.17) is 0 Å². The Bertz CT molecular complexity index is 767. The molecule has 1 heterocycles. The maximum atomic E-state index is 12.3. The molecule has 0 saturated carbocycles. The largest absolute Gasteiger partial charge is 0.322 e. The molecule has 110 valence electrons. The molecule has 0 aliphatic heterocycles. The van der Waals surface area contributed by atoms with Crippen LogP contribution in [0.2, 0.25) is 0 Å². The summed E-state index contributed by atoms with van der Waals surface area (Å²) in [5.74, 6) is -0.120. The summed E-state index contributed by atoms with van der Waals surface area (Å²) in [6, 6.07) is 17.0. The molecule has 0 atom stereocenters. The molecule has 4 nitrogen and oxygen atoms in total. The van der Waals surface area contributed by atoms with E-state index in [9.17, 15) is 4.79 Å². The van der Waals surface area contributed by atoms with Gasteiger partial charge >= 0.3 is 0 Å². The van der Waals surface area contributed by atoms with Crippen molar-refractivity contribution in [1.29, 1.82) is 0 Å². The zero-order valence-corrected chi connectivity index (χ0v) is 12.9. The van der Waals surface area contributed by atoms with E-state index in [0.29, 0.717) is 5.56 Å². The van der Waals surface area contributed by atoms with E-state index in [2.05, 4.69) is 10.4 Å². The minimum absolute atomic E-state index is 0.120. The third-order valence-electron chi connectivity index (χ3n) is 3.23. The highest BCUT2D eigenvalue weighted by Crippen LogP contribution is 2.19. The van der Waals surface area contributed by atoms with Gasteiger partial charge in [0.2, 0.25) is 0 Å². The Morgan fingerprint density at radius 3 is 2.64 bits per heavy atom. The van der Waals surface area contributed by atoms with Crippen molar-refractivity contribution < 1.29 is 4.79 Å². The van der Waals surface area contributed by atoms with E-state index in [-0.39, 0.29) is 5.91 Å². The van der Waals surface area contributed by atoms with Gasteiger partial charge in [0.05, 0.1) is 5.69 Å². The minimum Gasteiger partial charge on any atom is -0.322 e. The van der Waals surface area contributed by atoms with Gasteiger partial charge in [-0.3, -0.25) is 4.79 Å². The Kier molecular flexibility index (Phi) is 4.25. The monoisotopic (exact) mass is 309 g/mol.